The lowest BCUT2D eigenvalue weighted by Gasteiger charge is -2.27. The van der Waals surface area contributed by atoms with Crippen molar-refractivity contribution in [3.05, 3.63) is 64.2 Å². The lowest BCUT2D eigenvalue weighted by molar-refractivity contribution is 0.373. The van der Waals surface area contributed by atoms with E-state index in [9.17, 15) is 18.6 Å². The molecule has 30 heavy (non-hydrogen) atoms. The number of sulfonamides is 1. The van der Waals surface area contributed by atoms with Crippen molar-refractivity contribution < 1.29 is 23.4 Å². The first-order valence-electron chi connectivity index (χ1n) is 8.47. The predicted molar refractivity (Wildman–Crippen MR) is 111 cm³/mol. The molecule has 0 aliphatic carbocycles. The van der Waals surface area contributed by atoms with Crippen LogP contribution >= 0.6 is 12.2 Å². The number of aromatic hydroxyl groups is 1. The van der Waals surface area contributed by atoms with E-state index in [2.05, 4.69) is 20.3 Å². The van der Waals surface area contributed by atoms with Gasteiger partial charge in [-0.2, -0.15) is 18.5 Å². The zero-order valence-corrected chi connectivity index (χ0v) is 17.0. The summed E-state index contributed by atoms with van der Waals surface area (Å²) in [5, 5.41) is 30.3. The maximum atomic E-state index is 13.3. The fourth-order valence-electron chi connectivity index (χ4n) is 2.95. The van der Waals surface area contributed by atoms with Gasteiger partial charge in [-0.15, -0.1) is 4.41 Å². The van der Waals surface area contributed by atoms with Crippen molar-refractivity contribution in [2.45, 2.75) is 4.90 Å². The fourth-order valence-corrected chi connectivity index (χ4v) is 4.55. The number of fused-ring (bicyclic) bond motifs is 1. The Morgan fingerprint density at radius 1 is 1.17 bits per heavy atom. The number of hydrazone groups is 1. The molecule has 12 heteroatoms. The Labute approximate surface area is 175 Å². The normalized spacial score (nSPS) is 15.4. The minimum Gasteiger partial charge on any atom is -0.505 e. The molecule has 10 nitrogen and oxygen atoms in total. The van der Waals surface area contributed by atoms with Gasteiger partial charge in [0, 0.05) is 11.1 Å². The van der Waals surface area contributed by atoms with E-state index in [4.69, 9.17) is 17.0 Å². The first-order chi connectivity index (χ1) is 14.3. The molecule has 4 N–H and O–H groups in total. The van der Waals surface area contributed by atoms with Crippen molar-refractivity contribution in [1.82, 2.24) is 19.6 Å². The Balaban J connectivity index is 1.93. The van der Waals surface area contributed by atoms with Gasteiger partial charge in [-0.3, -0.25) is 10.2 Å². The molecule has 0 fully saturated rings. The van der Waals surface area contributed by atoms with Gasteiger partial charge in [0.15, 0.2) is 28.8 Å². The number of nitrogens with one attached hydrogen (secondary N) is 2. The van der Waals surface area contributed by atoms with E-state index in [1.54, 1.807) is 18.2 Å². The number of aliphatic hydroxyl groups excluding tert-OH is 1. The highest BCUT2D eigenvalue weighted by Gasteiger charge is 2.39. The van der Waals surface area contributed by atoms with E-state index in [0.717, 1.165) is 6.21 Å². The predicted octanol–water partition coefficient (Wildman–Crippen LogP) is 2.60. The Bertz CT molecular complexity index is 1360. The topological polar surface area (TPSA) is 144 Å². The Morgan fingerprint density at radius 2 is 1.93 bits per heavy atom. The van der Waals surface area contributed by atoms with Gasteiger partial charge in [0.25, 0.3) is 10.0 Å². The molecule has 2 heterocycles. The van der Waals surface area contributed by atoms with Gasteiger partial charge < -0.3 is 14.9 Å². The highest BCUT2D eigenvalue weighted by atomic mass is 32.2. The van der Waals surface area contributed by atoms with Gasteiger partial charge in [-0.05, 0) is 36.5 Å². The molecule has 0 spiro atoms. The molecular formula is C18H15N5O5S2. The summed E-state index contributed by atoms with van der Waals surface area (Å²) in [5.74, 6) is -0.402. The van der Waals surface area contributed by atoms with Crippen LogP contribution in [0.1, 0.15) is 17.0 Å². The summed E-state index contributed by atoms with van der Waals surface area (Å²) in [6.45, 7) is 0. The number of ether oxygens (including phenoxy) is 1. The van der Waals surface area contributed by atoms with Gasteiger partial charge in [0.2, 0.25) is 4.77 Å². The molecule has 0 bridgehead atoms. The highest BCUT2D eigenvalue weighted by Crippen LogP contribution is 2.39. The quantitative estimate of drug-likeness (QED) is 0.357. The van der Waals surface area contributed by atoms with Crippen molar-refractivity contribution >= 4 is 39.9 Å². The molecular weight excluding hydrogens is 430 g/mol. The smallest absolute Gasteiger partial charge is 0.284 e. The van der Waals surface area contributed by atoms with E-state index >= 15 is 0 Å². The average molecular weight is 445 g/mol. The summed E-state index contributed by atoms with van der Waals surface area (Å²) >= 11 is 4.95. The van der Waals surface area contributed by atoms with Crippen molar-refractivity contribution in [1.29, 1.82) is 0 Å². The minimum atomic E-state index is -4.21. The van der Waals surface area contributed by atoms with Gasteiger partial charge in [0.05, 0.1) is 13.3 Å². The third-order valence-corrected chi connectivity index (χ3v) is 6.18. The summed E-state index contributed by atoms with van der Waals surface area (Å²) in [5.41, 5.74) is 0.0856. The molecule has 0 radical (unpaired) electrons. The van der Waals surface area contributed by atoms with Crippen LogP contribution in [0, 0.1) is 4.77 Å². The number of phenolic OH excluding ortho intramolecular Hbond substituents is 1. The average Bonchev–Trinajstić information content (AvgIpc) is 3.16. The number of methoxy groups -OCH3 is 1. The second kappa shape index (κ2) is 7.31. The summed E-state index contributed by atoms with van der Waals surface area (Å²) in [4.78, 5) is 3.88. The monoisotopic (exact) mass is 445 g/mol. The molecule has 3 aromatic rings. The maximum absolute atomic E-state index is 13.3. The minimum absolute atomic E-state index is 0.0254. The largest absolute Gasteiger partial charge is 0.505 e. The Morgan fingerprint density at radius 3 is 2.63 bits per heavy atom. The highest BCUT2D eigenvalue weighted by molar-refractivity contribution is 7.89. The van der Waals surface area contributed by atoms with Gasteiger partial charge in [-0.25, -0.2) is 0 Å². The van der Waals surface area contributed by atoms with Crippen molar-refractivity contribution in [2.75, 3.05) is 7.11 Å². The lowest BCUT2D eigenvalue weighted by atomic mass is 10.1. The summed E-state index contributed by atoms with van der Waals surface area (Å²) < 4.78 is 32.3. The summed E-state index contributed by atoms with van der Waals surface area (Å²) in [6, 6.07) is 10.6. The van der Waals surface area contributed by atoms with Crippen molar-refractivity contribution in [3.8, 4) is 11.5 Å². The lowest BCUT2D eigenvalue weighted by Crippen LogP contribution is -2.30. The second-order valence-corrected chi connectivity index (χ2v) is 8.22. The third-order valence-electron chi connectivity index (χ3n) is 4.34. The molecule has 0 atom stereocenters. The van der Waals surface area contributed by atoms with Crippen LogP contribution in [0.15, 0.2) is 52.5 Å². The number of benzene rings is 2. The van der Waals surface area contributed by atoms with Crippen LogP contribution in [0.25, 0.3) is 11.5 Å². The van der Waals surface area contributed by atoms with Crippen molar-refractivity contribution in [2.24, 2.45) is 5.10 Å². The van der Waals surface area contributed by atoms with Crippen molar-refractivity contribution in [3.63, 3.8) is 0 Å². The number of H-pyrrole nitrogens is 2. The molecule has 2 aromatic carbocycles. The number of rotatable bonds is 4. The molecule has 0 saturated heterocycles. The number of hydrogen-bond donors (Lipinski definition) is 4. The Kier molecular flexibility index (Phi) is 4.79. The molecule has 154 valence electrons. The fraction of sp³-hybridized carbons (Fsp3) is 0.0556. The number of nitrogens with zero attached hydrogens (tertiary/aromatic N) is 3. The maximum Gasteiger partial charge on any atom is 0.284 e. The zero-order chi connectivity index (χ0) is 21.5. The van der Waals surface area contributed by atoms with Crippen LogP contribution < -0.4 is 4.74 Å². The molecule has 0 amide bonds. The summed E-state index contributed by atoms with van der Waals surface area (Å²) in [6.07, 6.45) is 1.14. The number of aromatic amines is 2. The van der Waals surface area contributed by atoms with E-state index < -0.39 is 10.0 Å². The van der Waals surface area contributed by atoms with Gasteiger partial charge >= 0.3 is 0 Å². The molecule has 1 aliphatic rings. The third kappa shape index (κ3) is 3.11. The summed E-state index contributed by atoms with van der Waals surface area (Å²) in [7, 11) is -2.82. The molecule has 4 rings (SSSR count). The van der Waals surface area contributed by atoms with Crippen LogP contribution in [0.2, 0.25) is 0 Å². The first kappa shape index (κ1) is 19.7. The number of aliphatic hydroxyl groups is 1. The zero-order valence-electron chi connectivity index (χ0n) is 15.4. The standard InChI is InChI=1S/C18H15N5O5S2/c1-28-12-7-4-5-10(15(12)24)9-19-23-14(17-20-18(29)22-21-17)16(25)11-6-2-3-8-13(11)30(23,26)27/h2-9,24-25H,1H3,(H2,20,21,22,29)/b19-9+. The number of aromatic nitrogens is 3. The van der Waals surface area contributed by atoms with E-state index in [1.165, 1.54) is 31.4 Å². The van der Waals surface area contributed by atoms with Crippen LogP contribution in [-0.2, 0) is 10.0 Å². The Hall–Kier alpha value is -3.64. The molecule has 1 aliphatic heterocycles. The number of para-hydroxylation sites is 1. The molecule has 0 unspecified atom stereocenters. The number of hydrogen-bond acceptors (Lipinski definition) is 8. The first-order valence-corrected chi connectivity index (χ1v) is 10.3. The van der Waals surface area contributed by atoms with Crippen LogP contribution in [-0.4, -0.2) is 51.6 Å². The van der Waals surface area contributed by atoms with E-state index in [1.807, 2.05) is 0 Å². The van der Waals surface area contributed by atoms with Crippen LogP contribution in [0.3, 0.4) is 0 Å². The van der Waals surface area contributed by atoms with E-state index in [0.29, 0.717) is 4.41 Å². The van der Waals surface area contributed by atoms with Crippen LogP contribution in [0.5, 0.6) is 11.5 Å². The second-order valence-electron chi connectivity index (χ2n) is 6.10. The van der Waals surface area contributed by atoms with Crippen LogP contribution in [0.4, 0.5) is 0 Å². The van der Waals surface area contributed by atoms with Gasteiger partial charge in [0.1, 0.15) is 4.90 Å². The number of phenols is 1. The SMILES string of the molecule is COc1cccc(/C=N/N2C(c3nc(=S)[nH][nH]3)=C(O)c3ccccc3S2(=O)=O)c1O. The van der Waals surface area contributed by atoms with E-state index in [-0.39, 0.29) is 49.6 Å². The molecule has 1 aromatic heterocycles. The molecule has 0 saturated carbocycles. The van der Waals surface area contributed by atoms with Gasteiger partial charge in [-0.1, -0.05) is 18.2 Å².